The van der Waals surface area contributed by atoms with E-state index in [2.05, 4.69) is 15.5 Å². The number of hydrogen-bond acceptors (Lipinski definition) is 4. The molecule has 0 saturated carbocycles. The molecule has 22 heavy (non-hydrogen) atoms. The molecule has 1 fully saturated rings. The summed E-state index contributed by atoms with van der Waals surface area (Å²) in [6, 6.07) is 9.71. The first kappa shape index (κ1) is 15.1. The van der Waals surface area contributed by atoms with Crippen molar-refractivity contribution in [2.24, 2.45) is 0 Å². The second-order valence-corrected chi connectivity index (χ2v) is 6.85. The maximum Gasteiger partial charge on any atom is 0.269 e. The summed E-state index contributed by atoms with van der Waals surface area (Å²) in [6.07, 6.45) is 0.718. The Balaban J connectivity index is 1.65. The standard InChI is InChI=1S/C16H19N3O2S/c1-11-2-4-12(5-3-11)13-8-14(19-18-13)15(20)17-9-16(21)6-7-22-10-16/h2-5,8,21H,6-7,9-10H2,1H3,(H,17,20)(H,18,19). The molecule has 2 aromatic rings. The number of aromatic nitrogens is 2. The van der Waals surface area contributed by atoms with Crippen LogP contribution in [-0.2, 0) is 0 Å². The van der Waals surface area contributed by atoms with Crippen molar-refractivity contribution in [3.63, 3.8) is 0 Å². The fourth-order valence-electron chi connectivity index (χ4n) is 2.39. The van der Waals surface area contributed by atoms with Crippen LogP contribution in [0.3, 0.4) is 0 Å². The summed E-state index contributed by atoms with van der Waals surface area (Å²) in [5.41, 5.74) is 2.51. The maximum absolute atomic E-state index is 12.1. The first-order chi connectivity index (χ1) is 10.6. The van der Waals surface area contributed by atoms with Gasteiger partial charge >= 0.3 is 0 Å². The van der Waals surface area contributed by atoms with Crippen molar-refractivity contribution in [3.05, 3.63) is 41.6 Å². The summed E-state index contributed by atoms with van der Waals surface area (Å²) < 4.78 is 0. The van der Waals surface area contributed by atoms with Crippen LogP contribution in [0, 0.1) is 6.92 Å². The number of hydrogen-bond donors (Lipinski definition) is 3. The highest BCUT2D eigenvalue weighted by Crippen LogP contribution is 2.27. The summed E-state index contributed by atoms with van der Waals surface area (Å²) in [5.74, 6) is 1.37. The lowest BCUT2D eigenvalue weighted by molar-refractivity contribution is 0.0611. The number of H-pyrrole nitrogens is 1. The Bertz CT molecular complexity index is 660. The predicted octanol–water partition coefficient (Wildman–Crippen LogP) is 1.98. The van der Waals surface area contributed by atoms with E-state index in [1.54, 1.807) is 17.8 Å². The lowest BCUT2D eigenvalue weighted by Crippen LogP contribution is -2.43. The minimum atomic E-state index is -0.778. The molecule has 3 N–H and O–H groups in total. The molecule has 1 unspecified atom stereocenters. The molecule has 1 aliphatic heterocycles. The molecule has 3 rings (SSSR count). The van der Waals surface area contributed by atoms with Gasteiger partial charge in [-0.2, -0.15) is 16.9 Å². The van der Waals surface area contributed by atoms with Gasteiger partial charge in [0.25, 0.3) is 5.91 Å². The number of carbonyl (C=O) groups is 1. The summed E-state index contributed by atoms with van der Waals surface area (Å²) in [6.45, 7) is 2.30. The van der Waals surface area contributed by atoms with Crippen LogP contribution in [0.25, 0.3) is 11.3 Å². The topological polar surface area (TPSA) is 78.0 Å². The van der Waals surface area contributed by atoms with Gasteiger partial charge in [-0.05, 0) is 25.2 Å². The van der Waals surface area contributed by atoms with Crippen molar-refractivity contribution < 1.29 is 9.90 Å². The quantitative estimate of drug-likeness (QED) is 0.806. The third kappa shape index (κ3) is 3.34. The van der Waals surface area contributed by atoms with Crippen molar-refractivity contribution in [1.29, 1.82) is 0 Å². The van der Waals surface area contributed by atoms with Crippen LogP contribution in [0.15, 0.2) is 30.3 Å². The largest absolute Gasteiger partial charge is 0.387 e. The molecule has 116 valence electrons. The van der Waals surface area contributed by atoms with Gasteiger partial charge in [0.2, 0.25) is 0 Å². The summed E-state index contributed by atoms with van der Waals surface area (Å²) in [4.78, 5) is 12.1. The van der Waals surface area contributed by atoms with E-state index < -0.39 is 5.60 Å². The van der Waals surface area contributed by atoms with Crippen LogP contribution in [0.4, 0.5) is 0 Å². The Morgan fingerprint density at radius 3 is 2.91 bits per heavy atom. The van der Waals surface area contributed by atoms with E-state index in [0.717, 1.165) is 23.4 Å². The first-order valence-corrected chi connectivity index (χ1v) is 8.42. The van der Waals surface area contributed by atoms with Gasteiger partial charge in [-0.25, -0.2) is 0 Å². The minimum absolute atomic E-state index is 0.240. The fraction of sp³-hybridized carbons (Fsp3) is 0.375. The first-order valence-electron chi connectivity index (χ1n) is 7.27. The van der Waals surface area contributed by atoms with Gasteiger partial charge in [-0.15, -0.1) is 0 Å². The zero-order valence-electron chi connectivity index (χ0n) is 12.4. The number of thioether (sulfide) groups is 1. The number of nitrogens with zero attached hydrogens (tertiary/aromatic N) is 1. The molecule has 1 aromatic carbocycles. The molecule has 0 radical (unpaired) electrons. The van der Waals surface area contributed by atoms with Crippen molar-refractivity contribution in [2.45, 2.75) is 18.9 Å². The van der Waals surface area contributed by atoms with Crippen LogP contribution in [0.2, 0.25) is 0 Å². The van der Waals surface area contributed by atoms with E-state index in [1.165, 1.54) is 5.56 Å². The van der Waals surface area contributed by atoms with Crippen LogP contribution in [-0.4, -0.2) is 44.9 Å². The molecule has 1 amide bonds. The molecule has 0 spiro atoms. The van der Waals surface area contributed by atoms with Gasteiger partial charge in [-0.3, -0.25) is 9.89 Å². The number of aryl methyl sites for hydroxylation is 1. The number of rotatable bonds is 4. The molecule has 6 heteroatoms. The molecule has 1 aromatic heterocycles. The number of nitrogens with one attached hydrogen (secondary N) is 2. The van der Waals surface area contributed by atoms with E-state index in [9.17, 15) is 9.90 Å². The summed E-state index contributed by atoms with van der Waals surface area (Å²) in [7, 11) is 0. The monoisotopic (exact) mass is 317 g/mol. The normalized spacial score (nSPS) is 21.0. The molecule has 5 nitrogen and oxygen atoms in total. The average Bonchev–Trinajstić information content (AvgIpc) is 3.15. The van der Waals surface area contributed by atoms with E-state index in [1.807, 2.05) is 31.2 Å². The molecule has 2 heterocycles. The average molecular weight is 317 g/mol. The SMILES string of the molecule is Cc1ccc(-c2cc(C(=O)NCC3(O)CCSC3)[nH]n2)cc1. The Labute approximate surface area is 133 Å². The van der Waals surface area contributed by atoms with Gasteiger partial charge in [0.05, 0.1) is 11.3 Å². The molecule has 1 aliphatic rings. The minimum Gasteiger partial charge on any atom is -0.387 e. The highest BCUT2D eigenvalue weighted by atomic mass is 32.2. The van der Waals surface area contributed by atoms with Gasteiger partial charge in [0, 0.05) is 17.9 Å². The Hall–Kier alpha value is -1.79. The number of amides is 1. The predicted molar refractivity (Wildman–Crippen MR) is 88.0 cm³/mol. The van der Waals surface area contributed by atoms with E-state index in [-0.39, 0.29) is 12.5 Å². The molecule has 1 saturated heterocycles. The van der Waals surface area contributed by atoms with Crippen LogP contribution in [0.5, 0.6) is 0 Å². The summed E-state index contributed by atoms with van der Waals surface area (Å²) >= 11 is 1.71. The Kier molecular flexibility index (Phi) is 4.22. The fourth-order valence-corrected chi connectivity index (χ4v) is 3.68. The van der Waals surface area contributed by atoms with Crippen LogP contribution < -0.4 is 5.32 Å². The van der Waals surface area contributed by atoms with Crippen molar-refractivity contribution in [2.75, 3.05) is 18.1 Å². The second-order valence-electron chi connectivity index (χ2n) is 5.74. The van der Waals surface area contributed by atoms with Gasteiger partial charge in [0.1, 0.15) is 5.69 Å². The molecular weight excluding hydrogens is 298 g/mol. The van der Waals surface area contributed by atoms with Crippen LogP contribution >= 0.6 is 11.8 Å². The highest BCUT2D eigenvalue weighted by molar-refractivity contribution is 7.99. The zero-order chi connectivity index (χ0) is 15.6. The van der Waals surface area contributed by atoms with Crippen molar-refractivity contribution in [1.82, 2.24) is 15.5 Å². The zero-order valence-corrected chi connectivity index (χ0v) is 13.2. The lowest BCUT2D eigenvalue weighted by Gasteiger charge is -2.21. The Morgan fingerprint density at radius 1 is 1.45 bits per heavy atom. The molecule has 0 aliphatic carbocycles. The van der Waals surface area contributed by atoms with E-state index in [4.69, 9.17) is 0 Å². The van der Waals surface area contributed by atoms with Crippen molar-refractivity contribution >= 4 is 17.7 Å². The smallest absolute Gasteiger partial charge is 0.269 e. The summed E-state index contributed by atoms with van der Waals surface area (Å²) in [5, 5.41) is 20.0. The molecular formula is C16H19N3O2S. The Morgan fingerprint density at radius 2 is 2.23 bits per heavy atom. The van der Waals surface area contributed by atoms with Gasteiger partial charge in [0.15, 0.2) is 0 Å². The number of benzene rings is 1. The lowest BCUT2D eigenvalue weighted by atomic mass is 10.0. The maximum atomic E-state index is 12.1. The van der Waals surface area contributed by atoms with Crippen molar-refractivity contribution in [3.8, 4) is 11.3 Å². The highest BCUT2D eigenvalue weighted by Gasteiger charge is 2.32. The molecule has 1 atom stereocenters. The van der Waals surface area contributed by atoms with Crippen LogP contribution in [0.1, 0.15) is 22.5 Å². The van der Waals surface area contributed by atoms with E-state index in [0.29, 0.717) is 11.4 Å². The van der Waals surface area contributed by atoms with E-state index >= 15 is 0 Å². The van der Waals surface area contributed by atoms with Gasteiger partial charge < -0.3 is 10.4 Å². The number of carbonyl (C=O) groups excluding carboxylic acids is 1. The third-order valence-corrected chi connectivity index (χ3v) is 5.06. The molecule has 0 bridgehead atoms. The third-order valence-electron chi connectivity index (χ3n) is 3.83. The number of aliphatic hydroxyl groups is 1. The van der Waals surface area contributed by atoms with Gasteiger partial charge in [-0.1, -0.05) is 29.8 Å². The second kappa shape index (κ2) is 6.14. The number of aromatic amines is 1.